The second-order valence-corrected chi connectivity index (χ2v) is 7.24. The number of benzene rings is 3. The van der Waals surface area contributed by atoms with Crippen LogP contribution in [0.25, 0.3) is 0 Å². The lowest BCUT2D eigenvalue weighted by atomic mass is 9.83. The Morgan fingerprint density at radius 1 is 0.625 bits per heavy atom. The van der Waals surface area contributed by atoms with Crippen LogP contribution in [0.15, 0.2) is 54.6 Å². The first kappa shape index (κ1) is 13.9. The van der Waals surface area contributed by atoms with Crippen molar-refractivity contribution in [1.29, 1.82) is 0 Å². The van der Waals surface area contributed by atoms with Crippen LogP contribution in [0.3, 0.4) is 0 Å². The third kappa shape index (κ3) is 2.01. The Hall–Kier alpha value is -2.54. The van der Waals surface area contributed by atoms with E-state index in [1.807, 2.05) is 0 Å². The minimum absolute atomic E-state index is 1.05. The fraction of sp³-hybridized carbons (Fsp3) is 0.217. The van der Waals surface area contributed by atoms with Gasteiger partial charge in [0.2, 0.25) is 0 Å². The zero-order valence-corrected chi connectivity index (χ0v) is 14.3. The second kappa shape index (κ2) is 4.98. The minimum Gasteiger partial charge on any atom is -0.344 e. The highest BCUT2D eigenvalue weighted by Crippen LogP contribution is 2.41. The lowest BCUT2D eigenvalue weighted by Crippen LogP contribution is -2.20. The average molecular weight is 311 g/mol. The summed E-state index contributed by atoms with van der Waals surface area (Å²) in [4.78, 5) is 2.38. The Morgan fingerprint density at radius 3 is 2.00 bits per heavy atom. The smallest absolute Gasteiger partial charge is 0.0447 e. The Morgan fingerprint density at radius 2 is 1.25 bits per heavy atom. The van der Waals surface area contributed by atoms with Gasteiger partial charge in [0.15, 0.2) is 0 Å². The summed E-state index contributed by atoms with van der Waals surface area (Å²) in [6.45, 7) is 2.17. The number of anilines is 2. The molecule has 0 bridgehead atoms. The lowest BCUT2D eigenvalue weighted by Gasteiger charge is -2.32. The van der Waals surface area contributed by atoms with Gasteiger partial charge in [0.25, 0.3) is 0 Å². The molecule has 0 aromatic heterocycles. The van der Waals surface area contributed by atoms with Gasteiger partial charge in [-0.05, 0) is 70.8 Å². The standard InChI is InChI=1S/C23H21N/c1-15-7-8-18-12-21-13-19-10-16-5-3-4-6-17(16)11-20(19)14-23(21)24(2)22(18)9-15/h3-9,13-14H,10-12H2,1-2H3. The van der Waals surface area contributed by atoms with Gasteiger partial charge in [0.05, 0.1) is 0 Å². The molecule has 1 aliphatic carbocycles. The van der Waals surface area contributed by atoms with Gasteiger partial charge in [-0.3, -0.25) is 0 Å². The molecular formula is C23H21N. The van der Waals surface area contributed by atoms with Crippen LogP contribution in [0.4, 0.5) is 11.4 Å². The first-order chi connectivity index (χ1) is 11.7. The highest BCUT2D eigenvalue weighted by Gasteiger charge is 2.24. The summed E-state index contributed by atoms with van der Waals surface area (Å²) in [6, 6.07) is 20.6. The topological polar surface area (TPSA) is 3.24 Å². The van der Waals surface area contributed by atoms with E-state index in [0.29, 0.717) is 0 Å². The number of aryl methyl sites for hydroxylation is 1. The molecular weight excluding hydrogens is 290 g/mol. The third-order valence-corrected chi connectivity index (χ3v) is 5.63. The fourth-order valence-corrected chi connectivity index (χ4v) is 4.29. The lowest BCUT2D eigenvalue weighted by molar-refractivity contribution is 0.971. The van der Waals surface area contributed by atoms with Gasteiger partial charge >= 0.3 is 0 Å². The molecule has 3 aromatic rings. The van der Waals surface area contributed by atoms with E-state index in [4.69, 9.17) is 0 Å². The summed E-state index contributed by atoms with van der Waals surface area (Å²) in [5.74, 6) is 0. The van der Waals surface area contributed by atoms with E-state index in [0.717, 1.165) is 19.3 Å². The predicted molar refractivity (Wildman–Crippen MR) is 101 cm³/mol. The molecule has 1 nitrogen and oxygen atoms in total. The van der Waals surface area contributed by atoms with Gasteiger partial charge in [0, 0.05) is 24.8 Å². The quantitative estimate of drug-likeness (QED) is 0.433. The van der Waals surface area contributed by atoms with E-state index in [1.165, 1.54) is 50.3 Å². The van der Waals surface area contributed by atoms with Crippen molar-refractivity contribution in [3.05, 3.63) is 93.5 Å². The maximum Gasteiger partial charge on any atom is 0.0447 e. The Bertz CT molecular complexity index is 968. The average Bonchev–Trinajstić information content (AvgIpc) is 2.59. The molecule has 0 radical (unpaired) electrons. The van der Waals surface area contributed by atoms with E-state index in [1.54, 1.807) is 0 Å². The van der Waals surface area contributed by atoms with Crippen molar-refractivity contribution in [2.24, 2.45) is 0 Å². The van der Waals surface area contributed by atoms with Crippen LogP contribution in [0.2, 0.25) is 0 Å². The molecule has 118 valence electrons. The van der Waals surface area contributed by atoms with Crippen molar-refractivity contribution in [2.75, 3.05) is 11.9 Å². The van der Waals surface area contributed by atoms with Crippen LogP contribution in [0.5, 0.6) is 0 Å². The molecule has 0 fully saturated rings. The predicted octanol–water partition coefficient (Wildman–Crippen LogP) is 5.16. The van der Waals surface area contributed by atoms with Crippen molar-refractivity contribution in [3.8, 4) is 0 Å². The molecule has 5 rings (SSSR count). The Kier molecular flexibility index (Phi) is 2.87. The SMILES string of the molecule is Cc1ccc2c(c1)N(C)c1cc3c(cc1C2)Cc1ccccc1C3. The molecule has 0 atom stereocenters. The summed E-state index contributed by atoms with van der Waals surface area (Å²) >= 11 is 0. The van der Waals surface area contributed by atoms with Gasteiger partial charge in [-0.2, -0.15) is 0 Å². The molecule has 0 saturated heterocycles. The monoisotopic (exact) mass is 311 g/mol. The maximum atomic E-state index is 2.46. The number of nitrogens with zero attached hydrogens (tertiary/aromatic N) is 1. The number of fused-ring (bicyclic) bond motifs is 4. The summed E-state index contributed by atoms with van der Waals surface area (Å²) in [7, 11) is 2.21. The van der Waals surface area contributed by atoms with E-state index in [-0.39, 0.29) is 0 Å². The van der Waals surface area contributed by atoms with Gasteiger partial charge in [0.1, 0.15) is 0 Å². The molecule has 0 spiro atoms. The highest BCUT2D eigenvalue weighted by atomic mass is 15.1. The third-order valence-electron chi connectivity index (χ3n) is 5.63. The van der Waals surface area contributed by atoms with E-state index >= 15 is 0 Å². The molecule has 0 N–H and O–H groups in total. The second-order valence-electron chi connectivity index (χ2n) is 7.24. The van der Waals surface area contributed by atoms with Gasteiger partial charge in [-0.15, -0.1) is 0 Å². The van der Waals surface area contributed by atoms with Crippen LogP contribution >= 0.6 is 0 Å². The normalized spacial score (nSPS) is 14.5. The largest absolute Gasteiger partial charge is 0.344 e. The maximum absolute atomic E-state index is 2.46. The summed E-state index contributed by atoms with van der Waals surface area (Å²) in [5.41, 5.74) is 13.0. The highest BCUT2D eigenvalue weighted by molar-refractivity contribution is 5.75. The van der Waals surface area contributed by atoms with Crippen molar-refractivity contribution < 1.29 is 0 Å². The summed E-state index contributed by atoms with van der Waals surface area (Å²) in [6.07, 6.45) is 3.18. The van der Waals surface area contributed by atoms with Crippen LogP contribution in [-0.2, 0) is 19.3 Å². The van der Waals surface area contributed by atoms with Crippen LogP contribution in [-0.4, -0.2) is 7.05 Å². The van der Waals surface area contributed by atoms with Crippen molar-refractivity contribution in [1.82, 2.24) is 0 Å². The molecule has 0 amide bonds. The molecule has 2 aliphatic rings. The van der Waals surface area contributed by atoms with Crippen LogP contribution in [0, 0.1) is 6.92 Å². The fourth-order valence-electron chi connectivity index (χ4n) is 4.29. The summed E-state index contributed by atoms with van der Waals surface area (Å²) in [5, 5.41) is 0. The van der Waals surface area contributed by atoms with Crippen LogP contribution < -0.4 is 4.90 Å². The first-order valence-corrected chi connectivity index (χ1v) is 8.74. The Balaban J connectivity index is 1.62. The van der Waals surface area contributed by atoms with Gasteiger partial charge in [-0.1, -0.05) is 42.5 Å². The molecule has 1 heteroatoms. The molecule has 24 heavy (non-hydrogen) atoms. The number of hydrogen-bond donors (Lipinski definition) is 0. The molecule has 0 saturated carbocycles. The van der Waals surface area contributed by atoms with Crippen molar-refractivity contribution in [2.45, 2.75) is 26.2 Å². The molecule has 1 heterocycles. The zero-order chi connectivity index (χ0) is 16.3. The van der Waals surface area contributed by atoms with E-state index in [9.17, 15) is 0 Å². The number of rotatable bonds is 0. The first-order valence-electron chi connectivity index (χ1n) is 8.74. The van der Waals surface area contributed by atoms with E-state index in [2.05, 4.69) is 73.5 Å². The van der Waals surface area contributed by atoms with Crippen LogP contribution in [0.1, 0.15) is 38.9 Å². The van der Waals surface area contributed by atoms with Gasteiger partial charge in [-0.25, -0.2) is 0 Å². The molecule has 0 unspecified atom stereocenters. The van der Waals surface area contributed by atoms with Gasteiger partial charge < -0.3 is 4.90 Å². The van der Waals surface area contributed by atoms with E-state index < -0.39 is 0 Å². The minimum atomic E-state index is 1.05. The Labute approximate surface area is 143 Å². The van der Waals surface area contributed by atoms with Crippen molar-refractivity contribution >= 4 is 11.4 Å². The zero-order valence-electron chi connectivity index (χ0n) is 14.3. The van der Waals surface area contributed by atoms with Crippen molar-refractivity contribution in [3.63, 3.8) is 0 Å². The molecule has 3 aromatic carbocycles. The number of hydrogen-bond acceptors (Lipinski definition) is 1. The molecule has 1 aliphatic heterocycles. The summed E-state index contributed by atoms with van der Waals surface area (Å²) < 4.78 is 0.